The summed E-state index contributed by atoms with van der Waals surface area (Å²) in [4.78, 5) is 24.1. The van der Waals surface area contributed by atoms with E-state index in [9.17, 15) is 9.59 Å². The molecule has 0 atom stereocenters. The van der Waals surface area contributed by atoms with E-state index in [0.29, 0.717) is 41.7 Å². The van der Waals surface area contributed by atoms with Gasteiger partial charge in [0.2, 0.25) is 11.8 Å². The third-order valence-corrected chi connectivity index (χ3v) is 4.48. The Labute approximate surface area is 190 Å². The van der Waals surface area contributed by atoms with Crippen LogP contribution in [0.15, 0.2) is 46.0 Å². The standard InChI is InChI=1S/C22H26BrN3O5/c1-4-10-31-22-16(23)11-15(12-19(22)30-5-2)14-24-26-21(28)13-20(27)25-17-8-6-7-9-18(17)29-3/h6-9,11-12,14H,4-5,10,13H2,1-3H3,(H,25,27)(H,26,28). The van der Waals surface area contributed by atoms with Crippen LogP contribution in [0.25, 0.3) is 0 Å². The molecule has 2 aromatic rings. The summed E-state index contributed by atoms with van der Waals surface area (Å²) in [5.41, 5.74) is 3.53. The number of anilines is 1. The van der Waals surface area contributed by atoms with Crippen LogP contribution in [0, 0.1) is 0 Å². The first-order valence-electron chi connectivity index (χ1n) is 9.82. The maximum atomic E-state index is 12.1. The molecule has 31 heavy (non-hydrogen) atoms. The molecule has 0 unspecified atom stereocenters. The molecular formula is C22H26BrN3O5. The van der Waals surface area contributed by atoms with E-state index >= 15 is 0 Å². The monoisotopic (exact) mass is 491 g/mol. The number of ether oxygens (including phenoxy) is 3. The summed E-state index contributed by atoms with van der Waals surface area (Å²) in [7, 11) is 1.50. The predicted octanol–water partition coefficient (Wildman–Crippen LogP) is 4.12. The van der Waals surface area contributed by atoms with E-state index in [1.165, 1.54) is 13.3 Å². The van der Waals surface area contributed by atoms with E-state index in [4.69, 9.17) is 14.2 Å². The van der Waals surface area contributed by atoms with Crippen LogP contribution < -0.4 is 25.0 Å². The molecular weight excluding hydrogens is 466 g/mol. The zero-order valence-corrected chi connectivity index (χ0v) is 19.3. The predicted molar refractivity (Wildman–Crippen MR) is 123 cm³/mol. The van der Waals surface area contributed by atoms with Crippen LogP contribution in [-0.2, 0) is 9.59 Å². The number of rotatable bonds is 11. The lowest BCUT2D eigenvalue weighted by Crippen LogP contribution is -2.24. The molecule has 166 valence electrons. The van der Waals surface area contributed by atoms with Crippen LogP contribution in [0.5, 0.6) is 17.2 Å². The summed E-state index contributed by atoms with van der Waals surface area (Å²) in [5, 5.41) is 6.56. The lowest BCUT2D eigenvalue weighted by atomic mass is 10.2. The van der Waals surface area contributed by atoms with Crippen LogP contribution in [0.4, 0.5) is 5.69 Å². The first-order valence-corrected chi connectivity index (χ1v) is 10.6. The van der Waals surface area contributed by atoms with Gasteiger partial charge in [-0.25, -0.2) is 5.43 Å². The highest BCUT2D eigenvalue weighted by atomic mass is 79.9. The number of hydrazone groups is 1. The molecule has 0 fully saturated rings. The van der Waals surface area contributed by atoms with Crippen molar-refractivity contribution in [1.29, 1.82) is 0 Å². The van der Waals surface area contributed by atoms with Gasteiger partial charge in [0.25, 0.3) is 0 Å². The van der Waals surface area contributed by atoms with Crippen LogP contribution in [-0.4, -0.2) is 38.4 Å². The highest BCUT2D eigenvalue weighted by molar-refractivity contribution is 9.10. The second-order valence-electron chi connectivity index (χ2n) is 6.33. The van der Waals surface area contributed by atoms with Crippen molar-refractivity contribution >= 4 is 39.6 Å². The van der Waals surface area contributed by atoms with E-state index in [0.717, 1.165) is 10.9 Å². The average Bonchev–Trinajstić information content (AvgIpc) is 2.73. The number of para-hydroxylation sites is 2. The van der Waals surface area contributed by atoms with Gasteiger partial charge in [-0.1, -0.05) is 19.1 Å². The molecule has 2 aromatic carbocycles. The summed E-state index contributed by atoms with van der Waals surface area (Å²) in [6.45, 7) is 4.95. The van der Waals surface area contributed by atoms with Gasteiger partial charge < -0.3 is 19.5 Å². The number of methoxy groups -OCH3 is 1. The molecule has 0 radical (unpaired) electrons. The Kier molecular flexibility index (Phi) is 9.83. The van der Waals surface area contributed by atoms with Crippen molar-refractivity contribution in [3.05, 3.63) is 46.4 Å². The van der Waals surface area contributed by atoms with Crippen LogP contribution in [0.3, 0.4) is 0 Å². The Morgan fingerprint density at radius 3 is 2.58 bits per heavy atom. The highest BCUT2D eigenvalue weighted by Gasteiger charge is 2.13. The van der Waals surface area contributed by atoms with E-state index in [1.807, 2.05) is 13.8 Å². The number of carbonyl (C=O) groups excluding carboxylic acids is 2. The number of amides is 2. The minimum Gasteiger partial charge on any atom is -0.495 e. The van der Waals surface area contributed by atoms with Crippen molar-refractivity contribution < 1.29 is 23.8 Å². The smallest absolute Gasteiger partial charge is 0.249 e. The Morgan fingerprint density at radius 1 is 1.10 bits per heavy atom. The zero-order valence-electron chi connectivity index (χ0n) is 17.7. The topological polar surface area (TPSA) is 98.2 Å². The maximum Gasteiger partial charge on any atom is 0.249 e. The van der Waals surface area contributed by atoms with E-state index < -0.39 is 11.8 Å². The van der Waals surface area contributed by atoms with Crippen LogP contribution in [0.2, 0.25) is 0 Å². The maximum absolute atomic E-state index is 12.1. The normalized spacial score (nSPS) is 10.6. The molecule has 2 rings (SSSR count). The molecule has 0 aromatic heterocycles. The molecule has 8 nitrogen and oxygen atoms in total. The van der Waals surface area contributed by atoms with Crippen molar-refractivity contribution in [2.75, 3.05) is 25.6 Å². The van der Waals surface area contributed by atoms with E-state index in [2.05, 4.69) is 31.8 Å². The second-order valence-corrected chi connectivity index (χ2v) is 7.18. The summed E-state index contributed by atoms with van der Waals surface area (Å²) in [6.07, 6.45) is 1.96. The number of hydrogen-bond donors (Lipinski definition) is 2. The molecule has 9 heteroatoms. The fourth-order valence-corrected chi connectivity index (χ4v) is 3.15. The number of nitrogens with one attached hydrogen (secondary N) is 2. The molecule has 0 saturated carbocycles. The van der Waals surface area contributed by atoms with Gasteiger partial charge in [0.15, 0.2) is 11.5 Å². The second kappa shape index (κ2) is 12.6. The SMILES string of the molecule is CCCOc1c(Br)cc(C=NNC(=O)CC(=O)Nc2ccccc2OC)cc1OCC. The van der Waals surface area contributed by atoms with Crippen molar-refractivity contribution in [3.63, 3.8) is 0 Å². The summed E-state index contributed by atoms with van der Waals surface area (Å²) in [6, 6.07) is 10.5. The van der Waals surface area contributed by atoms with Gasteiger partial charge in [-0.3, -0.25) is 9.59 Å². The molecule has 0 spiro atoms. The molecule has 0 heterocycles. The Balaban J connectivity index is 1.96. The minimum absolute atomic E-state index is 0.382. The lowest BCUT2D eigenvalue weighted by Gasteiger charge is -2.14. The fourth-order valence-electron chi connectivity index (χ4n) is 2.58. The summed E-state index contributed by atoms with van der Waals surface area (Å²) < 4.78 is 17.3. The first-order chi connectivity index (χ1) is 15.0. The van der Waals surface area contributed by atoms with Gasteiger partial charge in [0.1, 0.15) is 12.2 Å². The zero-order chi connectivity index (χ0) is 22.6. The van der Waals surface area contributed by atoms with Crippen molar-refractivity contribution in [3.8, 4) is 17.2 Å². The van der Waals surface area contributed by atoms with Crippen molar-refractivity contribution in [1.82, 2.24) is 5.43 Å². The van der Waals surface area contributed by atoms with Crippen molar-refractivity contribution in [2.24, 2.45) is 5.10 Å². The number of benzene rings is 2. The Hall–Kier alpha value is -3.07. The quantitative estimate of drug-likeness (QED) is 0.279. The van der Waals surface area contributed by atoms with Gasteiger partial charge in [-0.05, 0) is 59.1 Å². The van der Waals surface area contributed by atoms with E-state index in [1.54, 1.807) is 36.4 Å². The molecule has 0 bridgehead atoms. The lowest BCUT2D eigenvalue weighted by molar-refractivity contribution is -0.126. The molecule has 0 aliphatic rings. The molecule has 0 saturated heterocycles. The number of nitrogens with zero attached hydrogens (tertiary/aromatic N) is 1. The molecule has 2 amide bonds. The van der Waals surface area contributed by atoms with Gasteiger partial charge in [-0.2, -0.15) is 5.10 Å². The van der Waals surface area contributed by atoms with Gasteiger partial charge in [-0.15, -0.1) is 0 Å². The van der Waals surface area contributed by atoms with Crippen LogP contribution >= 0.6 is 15.9 Å². The largest absolute Gasteiger partial charge is 0.495 e. The Bertz CT molecular complexity index is 933. The number of carbonyl (C=O) groups is 2. The third-order valence-electron chi connectivity index (χ3n) is 3.89. The average molecular weight is 492 g/mol. The van der Waals surface area contributed by atoms with E-state index in [-0.39, 0.29) is 6.42 Å². The van der Waals surface area contributed by atoms with Crippen LogP contribution in [0.1, 0.15) is 32.3 Å². The number of hydrogen-bond acceptors (Lipinski definition) is 6. The van der Waals surface area contributed by atoms with Gasteiger partial charge >= 0.3 is 0 Å². The molecule has 2 N–H and O–H groups in total. The fraction of sp³-hybridized carbons (Fsp3) is 0.318. The first kappa shape index (κ1) is 24.2. The summed E-state index contributed by atoms with van der Waals surface area (Å²) >= 11 is 3.48. The number of halogens is 1. The van der Waals surface area contributed by atoms with Crippen molar-refractivity contribution in [2.45, 2.75) is 26.7 Å². The van der Waals surface area contributed by atoms with Gasteiger partial charge in [0, 0.05) is 0 Å². The molecule has 0 aliphatic heterocycles. The summed E-state index contributed by atoms with van der Waals surface area (Å²) in [5.74, 6) is 0.690. The highest BCUT2D eigenvalue weighted by Crippen LogP contribution is 2.36. The minimum atomic E-state index is -0.546. The third kappa shape index (κ3) is 7.60. The van der Waals surface area contributed by atoms with Gasteiger partial charge in [0.05, 0.1) is 36.7 Å². The Morgan fingerprint density at radius 2 is 1.87 bits per heavy atom. The molecule has 0 aliphatic carbocycles.